The van der Waals surface area contributed by atoms with Crippen LogP contribution in [-0.4, -0.2) is 18.2 Å². The highest BCUT2D eigenvalue weighted by molar-refractivity contribution is 5.54. The van der Waals surface area contributed by atoms with Gasteiger partial charge in [-0.05, 0) is 18.9 Å². The Morgan fingerprint density at radius 1 is 1.06 bits per heavy atom. The Morgan fingerprint density at radius 2 is 1.71 bits per heavy atom. The summed E-state index contributed by atoms with van der Waals surface area (Å²) in [4.78, 5) is 2.10. The molecule has 17 heavy (non-hydrogen) atoms. The van der Waals surface area contributed by atoms with E-state index in [2.05, 4.69) is 4.90 Å². The van der Waals surface area contributed by atoms with E-state index in [1.807, 2.05) is 0 Å². The van der Waals surface area contributed by atoms with Crippen LogP contribution in [0.5, 0.6) is 0 Å². The van der Waals surface area contributed by atoms with E-state index >= 15 is 0 Å². The van der Waals surface area contributed by atoms with E-state index in [9.17, 15) is 9.50 Å². The van der Waals surface area contributed by atoms with E-state index in [0.717, 1.165) is 25.9 Å². The first-order chi connectivity index (χ1) is 8.33. The maximum absolute atomic E-state index is 13.9. The van der Waals surface area contributed by atoms with E-state index in [0.29, 0.717) is 11.3 Å². The average molecular weight is 237 g/mol. The van der Waals surface area contributed by atoms with Crippen LogP contribution in [0.3, 0.4) is 0 Å². The maximum Gasteiger partial charge on any atom is 0.146 e. The molecule has 1 saturated heterocycles. The van der Waals surface area contributed by atoms with Crippen LogP contribution in [0.2, 0.25) is 0 Å². The van der Waals surface area contributed by atoms with Gasteiger partial charge in [0.2, 0.25) is 0 Å². The normalized spacial score (nSPS) is 17.6. The molecule has 0 atom stereocenters. The molecular formula is C14H20FNO. The van der Waals surface area contributed by atoms with Crippen LogP contribution in [0.25, 0.3) is 0 Å². The van der Waals surface area contributed by atoms with Gasteiger partial charge in [0.1, 0.15) is 5.82 Å². The molecule has 1 N–H and O–H groups in total. The largest absolute Gasteiger partial charge is 0.392 e. The lowest BCUT2D eigenvalue weighted by molar-refractivity contribution is 0.281. The highest BCUT2D eigenvalue weighted by Gasteiger charge is 2.16. The fraction of sp³-hybridized carbons (Fsp3) is 0.571. The van der Waals surface area contributed by atoms with Gasteiger partial charge in [0.15, 0.2) is 0 Å². The van der Waals surface area contributed by atoms with Gasteiger partial charge in [0.25, 0.3) is 0 Å². The number of aliphatic hydroxyl groups is 1. The van der Waals surface area contributed by atoms with Crippen molar-refractivity contribution in [3.8, 4) is 0 Å². The van der Waals surface area contributed by atoms with Gasteiger partial charge >= 0.3 is 0 Å². The van der Waals surface area contributed by atoms with Gasteiger partial charge in [0.05, 0.1) is 12.3 Å². The number of aliphatic hydroxyl groups excluding tert-OH is 1. The third-order valence-corrected chi connectivity index (χ3v) is 3.41. The lowest BCUT2D eigenvalue weighted by Gasteiger charge is -2.28. The second kappa shape index (κ2) is 6.01. The van der Waals surface area contributed by atoms with Gasteiger partial charge in [-0.1, -0.05) is 31.4 Å². The third-order valence-electron chi connectivity index (χ3n) is 3.41. The maximum atomic E-state index is 13.9. The molecule has 1 aromatic carbocycles. The molecular weight excluding hydrogens is 217 g/mol. The van der Waals surface area contributed by atoms with Gasteiger partial charge in [-0.2, -0.15) is 0 Å². The number of para-hydroxylation sites is 1. The molecule has 1 heterocycles. The highest BCUT2D eigenvalue weighted by atomic mass is 19.1. The van der Waals surface area contributed by atoms with E-state index in [1.165, 1.54) is 25.3 Å². The zero-order valence-electron chi connectivity index (χ0n) is 10.2. The second-order valence-electron chi connectivity index (χ2n) is 4.66. The van der Waals surface area contributed by atoms with Crippen LogP contribution in [0.1, 0.15) is 37.7 Å². The molecule has 94 valence electrons. The SMILES string of the molecule is OCc1cccc(F)c1N1CCCCCCC1. The van der Waals surface area contributed by atoms with Crippen molar-refractivity contribution < 1.29 is 9.50 Å². The van der Waals surface area contributed by atoms with Crippen molar-refractivity contribution >= 4 is 5.69 Å². The Morgan fingerprint density at radius 3 is 2.35 bits per heavy atom. The quantitative estimate of drug-likeness (QED) is 0.854. The van der Waals surface area contributed by atoms with E-state index < -0.39 is 0 Å². The fourth-order valence-corrected chi connectivity index (χ4v) is 2.51. The minimum Gasteiger partial charge on any atom is -0.392 e. The third kappa shape index (κ3) is 2.97. The standard InChI is InChI=1S/C14H20FNO/c15-13-8-6-7-12(11-17)14(13)16-9-4-2-1-3-5-10-16/h6-8,17H,1-5,9-11H2. The van der Waals surface area contributed by atoms with Gasteiger partial charge in [-0.3, -0.25) is 0 Å². The van der Waals surface area contributed by atoms with Gasteiger partial charge < -0.3 is 10.0 Å². The minimum absolute atomic E-state index is 0.0937. The fourth-order valence-electron chi connectivity index (χ4n) is 2.51. The topological polar surface area (TPSA) is 23.5 Å². The van der Waals surface area contributed by atoms with Crippen LogP contribution >= 0.6 is 0 Å². The average Bonchev–Trinajstić information content (AvgIpc) is 2.29. The Bertz CT molecular complexity index is 359. The molecule has 0 aliphatic carbocycles. The molecule has 3 heteroatoms. The first kappa shape index (κ1) is 12.4. The molecule has 1 fully saturated rings. The van der Waals surface area contributed by atoms with Gasteiger partial charge in [-0.15, -0.1) is 0 Å². The molecule has 0 amide bonds. The van der Waals surface area contributed by atoms with E-state index in [-0.39, 0.29) is 12.4 Å². The van der Waals surface area contributed by atoms with Crippen molar-refractivity contribution in [2.75, 3.05) is 18.0 Å². The number of benzene rings is 1. The zero-order chi connectivity index (χ0) is 12.1. The van der Waals surface area contributed by atoms with Crippen molar-refractivity contribution in [1.29, 1.82) is 0 Å². The summed E-state index contributed by atoms with van der Waals surface area (Å²) < 4.78 is 13.9. The van der Waals surface area contributed by atoms with Crippen molar-refractivity contribution in [2.24, 2.45) is 0 Å². The summed E-state index contributed by atoms with van der Waals surface area (Å²) >= 11 is 0. The molecule has 0 saturated carbocycles. The lowest BCUT2D eigenvalue weighted by atomic mass is 10.1. The number of halogens is 1. The zero-order valence-corrected chi connectivity index (χ0v) is 10.2. The lowest BCUT2D eigenvalue weighted by Crippen LogP contribution is -2.29. The minimum atomic E-state index is -0.211. The van der Waals surface area contributed by atoms with Crippen LogP contribution in [0, 0.1) is 5.82 Å². The Hall–Kier alpha value is -1.09. The van der Waals surface area contributed by atoms with Crippen molar-refractivity contribution in [3.63, 3.8) is 0 Å². The smallest absolute Gasteiger partial charge is 0.146 e. The summed E-state index contributed by atoms with van der Waals surface area (Å²) in [6, 6.07) is 4.94. The number of anilines is 1. The monoisotopic (exact) mass is 237 g/mol. The molecule has 0 spiro atoms. The summed E-state index contributed by atoms with van der Waals surface area (Å²) in [6.45, 7) is 1.70. The number of nitrogens with zero attached hydrogens (tertiary/aromatic N) is 1. The second-order valence-corrected chi connectivity index (χ2v) is 4.66. The predicted molar refractivity (Wildman–Crippen MR) is 67.6 cm³/mol. The molecule has 1 aromatic rings. The van der Waals surface area contributed by atoms with Gasteiger partial charge in [-0.25, -0.2) is 4.39 Å². The predicted octanol–water partition coefficient (Wildman–Crippen LogP) is 3.09. The molecule has 2 rings (SSSR count). The summed E-state index contributed by atoms with van der Waals surface area (Å²) in [5.74, 6) is -0.211. The molecule has 0 aromatic heterocycles. The Labute approximate surface area is 102 Å². The first-order valence-electron chi connectivity index (χ1n) is 6.46. The summed E-state index contributed by atoms with van der Waals surface area (Å²) in [5, 5.41) is 9.31. The molecule has 0 radical (unpaired) electrons. The van der Waals surface area contributed by atoms with Crippen LogP contribution in [-0.2, 0) is 6.61 Å². The van der Waals surface area contributed by atoms with Crippen LogP contribution < -0.4 is 4.90 Å². The van der Waals surface area contributed by atoms with Crippen molar-refractivity contribution in [2.45, 2.75) is 38.7 Å². The van der Waals surface area contributed by atoms with Crippen LogP contribution in [0.4, 0.5) is 10.1 Å². The van der Waals surface area contributed by atoms with E-state index in [1.54, 1.807) is 12.1 Å². The molecule has 2 nitrogen and oxygen atoms in total. The Balaban J connectivity index is 2.23. The van der Waals surface area contributed by atoms with Gasteiger partial charge in [0, 0.05) is 18.7 Å². The number of hydrogen-bond donors (Lipinski definition) is 1. The summed E-state index contributed by atoms with van der Waals surface area (Å²) in [6.07, 6.45) is 5.95. The van der Waals surface area contributed by atoms with Crippen molar-refractivity contribution in [1.82, 2.24) is 0 Å². The highest BCUT2D eigenvalue weighted by Crippen LogP contribution is 2.26. The number of rotatable bonds is 2. The Kier molecular flexibility index (Phi) is 4.37. The van der Waals surface area contributed by atoms with E-state index in [4.69, 9.17) is 0 Å². The van der Waals surface area contributed by atoms with Crippen molar-refractivity contribution in [3.05, 3.63) is 29.6 Å². The number of hydrogen-bond acceptors (Lipinski definition) is 2. The summed E-state index contributed by atoms with van der Waals surface area (Å²) in [7, 11) is 0. The molecule has 0 bridgehead atoms. The molecule has 1 aliphatic rings. The molecule has 1 aliphatic heterocycles. The summed E-state index contributed by atoms with van der Waals surface area (Å²) in [5.41, 5.74) is 1.31. The van der Waals surface area contributed by atoms with Crippen LogP contribution in [0.15, 0.2) is 18.2 Å². The first-order valence-corrected chi connectivity index (χ1v) is 6.46. The molecule has 0 unspecified atom stereocenters.